The average molecular weight is 247 g/mol. The molecule has 0 amide bonds. The maximum atomic E-state index is 6.42. The molecule has 1 saturated carbocycles. The fourth-order valence-corrected chi connectivity index (χ4v) is 2.93. The number of rotatable bonds is 4. The van der Waals surface area contributed by atoms with Crippen LogP contribution in [0.5, 0.6) is 5.75 Å². The van der Waals surface area contributed by atoms with E-state index in [2.05, 4.69) is 32.0 Å². The fourth-order valence-electron chi connectivity index (χ4n) is 2.93. The minimum Gasteiger partial charge on any atom is -0.496 e. The molecule has 100 valence electrons. The van der Waals surface area contributed by atoms with Crippen LogP contribution in [0.25, 0.3) is 0 Å². The second-order valence-corrected chi connectivity index (χ2v) is 5.73. The smallest absolute Gasteiger partial charge is 0.123 e. The van der Waals surface area contributed by atoms with E-state index in [9.17, 15) is 0 Å². The third-order valence-electron chi connectivity index (χ3n) is 4.19. The summed E-state index contributed by atoms with van der Waals surface area (Å²) in [6.07, 6.45) is 5.17. The second kappa shape index (κ2) is 5.75. The molecule has 18 heavy (non-hydrogen) atoms. The van der Waals surface area contributed by atoms with Crippen molar-refractivity contribution < 1.29 is 4.74 Å². The fraction of sp³-hybridized carbons (Fsp3) is 0.625. The predicted octanol–water partition coefficient (Wildman–Crippen LogP) is 4.01. The molecule has 1 fully saturated rings. The van der Waals surface area contributed by atoms with E-state index in [0.717, 1.165) is 5.75 Å². The van der Waals surface area contributed by atoms with Crippen LogP contribution in [0, 0.1) is 5.92 Å². The largest absolute Gasteiger partial charge is 0.496 e. The van der Waals surface area contributed by atoms with Gasteiger partial charge in [-0.3, -0.25) is 0 Å². The molecule has 0 spiro atoms. The van der Waals surface area contributed by atoms with Gasteiger partial charge >= 0.3 is 0 Å². The monoisotopic (exact) mass is 247 g/mol. The lowest BCUT2D eigenvalue weighted by Crippen LogP contribution is -2.20. The van der Waals surface area contributed by atoms with E-state index < -0.39 is 0 Å². The minimum absolute atomic E-state index is 0.128. The molecule has 2 rings (SSSR count). The highest BCUT2D eigenvalue weighted by molar-refractivity contribution is 5.41. The summed E-state index contributed by atoms with van der Waals surface area (Å²) in [5.74, 6) is 2.11. The first-order valence-electron chi connectivity index (χ1n) is 7.07. The van der Waals surface area contributed by atoms with E-state index in [0.29, 0.717) is 11.8 Å². The van der Waals surface area contributed by atoms with Crippen LogP contribution in [0.3, 0.4) is 0 Å². The molecule has 1 aliphatic rings. The number of benzene rings is 1. The zero-order valence-corrected chi connectivity index (χ0v) is 11.8. The third kappa shape index (κ3) is 2.69. The summed E-state index contributed by atoms with van der Waals surface area (Å²) in [6.45, 7) is 4.40. The summed E-state index contributed by atoms with van der Waals surface area (Å²) >= 11 is 0. The van der Waals surface area contributed by atoms with Crippen LogP contribution in [-0.2, 0) is 0 Å². The van der Waals surface area contributed by atoms with Gasteiger partial charge in [0.2, 0.25) is 0 Å². The molecule has 2 nitrogen and oxygen atoms in total. The molecule has 1 aromatic rings. The summed E-state index contributed by atoms with van der Waals surface area (Å²) in [7, 11) is 1.74. The SMILES string of the molecule is COc1cc(C(C)C)ccc1C(N)C1CCCC1. The molecule has 0 radical (unpaired) electrons. The second-order valence-electron chi connectivity index (χ2n) is 5.73. The number of hydrogen-bond donors (Lipinski definition) is 1. The van der Waals surface area contributed by atoms with Crippen molar-refractivity contribution in [1.29, 1.82) is 0 Å². The molecule has 1 unspecified atom stereocenters. The normalized spacial score (nSPS) is 18.3. The first-order valence-corrected chi connectivity index (χ1v) is 7.07. The Balaban J connectivity index is 2.26. The van der Waals surface area contributed by atoms with Crippen LogP contribution in [0.4, 0.5) is 0 Å². The van der Waals surface area contributed by atoms with Crippen molar-refractivity contribution in [3.8, 4) is 5.75 Å². The maximum absolute atomic E-state index is 6.42. The van der Waals surface area contributed by atoms with Gasteiger partial charge < -0.3 is 10.5 Å². The molecule has 1 atom stereocenters. The van der Waals surface area contributed by atoms with Crippen molar-refractivity contribution in [1.82, 2.24) is 0 Å². The molecule has 1 aliphatic carbocycles. The lowest BCUT2D eigenvalue weighted by atomic mass is 9.90. The molecule has 0 aliphatic heterocycles. The lowest BCUT2D eigenvalue weighted by Gasteiger charge is -2.22. The molecule has 0 saturated heterocycles. The van der Waals surface area contributed by atoms with Gasteiger partial charge in [-0.2, -0.15) is 0 Å². The summed E-state index contributed by atoms with van der Waals surface area (Å²) < 4.78 is 5.54. The van der Waals surface area contributed by atoms with Crippen LogP contribution in [-0.4, -0.2) is 7.11 Å². The summed E-state index contributed by atoms with van der Waals surface area (Å²) in [4.78, 5) is 0. The predicted molar refractivity (Wildman–Crippen MR) is 76.0 cm³/mol. The Kier molecular flexibility index (Phi) is 4.28. The van der Waals surface area contributed by atoms with Crippen molar-refractivity contribution in [2.24, 2.45) is 11.7 Å². The minimum atomic E-state index is 0.128. The van der Waals surface area contributed by atoms with Gasteiger partial charge in [0.25, 0.3) is 0 Å². The Morgan fingerprint density at radius 3 is 2.44 bits per heavy atom. The van der Waals surface area contributed by atoms with Gasteiger partial charge in [-0.05, 0) is 36.3 Å². The molecule has 0 bridgehead atoms. The Morgan fingerprint density at radius 1 is 1.22 bits per heavy atom. The van der Waals surface area contributed by atoms with Gasteiger partial charge in [-0.15, -0.1) is 0 Å². The van der Waals surface area contributed by atoms with Crippen molar-refractivity contribution >= 4 is 0 Å². The van der Waals surface area contributed by atoms with E-state index in [1.165, 1.54) is 36.8 Å². The van der Waals surface area contributed by atoms with Crippen molar-refractivity contribution in [2.45, 2.75) is 51.5 Å². The van der Waals surface area contributed by atoms with Crippen LogP contribution in [0.2, 0.25) is 0 Å². The highest BCUT2D eigenvalue weighted by atomic mass is 16.5. The van der Waals surface area contributed by atoms with E-state index in [1.807, 2.05) is 0 Å². The summed E-state index contributed by atoms with van der Waals surface area (Å²) in [6, 6.07) is 6.63. The molecule has 0 aromatic heterocycles. The van der Waals surface area contributed by atoms with Gasteiger partial charge in [0, 0.05) is 11.6 Å². The molecule has 2 heteroatoms. The first kappa shape index (κ1) is 13.4. The molecule has 1 aromatic carbocycles. The highest BCUT2D eigenvalue weighted by Gasteiger charge is 2.25. The van der Waals surface area contributed by atoms with E-state index in [1.54, 1.807) is 7.11 Å². The van der Waals surface area contributed by atoms with Crippen molar-refractivity contribution in [3.63, 3.8) is 0 Å². The van der Waals surface area contributed by atoms with E-state index in [-0.39, 0.29) is 6.04 Å². The Bertz CT molecular complexity index is 394. The molecular formula is C16H25NO. The topological polar surface area (TPSA) is 35.2 Å². The van der Waals surface area contributed by atoms with Crippen LogP contribution in [0.15, 0.2) is 18.2 Å². The Labute approximate surface area is 111 Å². The van der Waals surface area contributed by atoms with Crippen LogP contribution < -0.4 is 10.5 Å². The van der Waals surface area contributed by atoms with Crippen LogP contribution >= 0.6 is 0 Å². The van der Waals surface area contributed by atoms with Gasteiger partial charge in [0.1, 0.15) is 5.75 Å². The lowest BCUT2D eigenvalue weighted by molar-refractivity contribution is 0.384. The highest BCUT2D eigenvalue weighted by Crippen LogP contribution is 2.38. The summed E-state index contributed by atoms with van der Waals surface area (Å²) in [5.41, 5.74) is 8.91. The van der Waals surface area contributed by atoms with Gasteiger partial charge in [0.15, 0.2) is 0 Å². The maximum Gasteiger partial charge on any atom is 0.123 e. The third-order valence-corrected chi connectivity index (χ3v) is 4.19. The number of hydrogen-bond acceptors (Lipinski definition) is 2. The molecular weight excluding hydrogens is 222 g/mol. The summed E-state index contributed by atoms with van der Waals surface area (Å²) in [5, 5.41) is 0. The van der Waals surface area contributed by atoms with Crippen molar-refractivity contribution in [2.75, 3.05) is 7.11 Å². The zero-order chi connectivity index (χ0) is 13.1. The van der Waals surface area contributed by atoms with Gasteiger partial charge in [-0.1, -0.05) is 38.8 Å². The zero-order valence-electron chi connectivity index (χ0n) is 11.8. The van der Waals surface area contributed by atoms with E-state index >= 15 is 0 Å². The number of nitrogens with two attached hydrogens (primary N) is 1. The number of ether oxygens (including phenoxy) is 1. The standard InChI is InChI=1S/C16H25NO/c1-11(2)13-8-9-14(15(10-13)18-3)16(17)12-6-4-5-7-12/h8-12,16H,4-7,17H2,1-3H3. The quantitative estimate of drug-likeness (QED) is 0.872. The van der Waals surface area contributed by atoms with E-state index in [4.69, 9.17) is 10.5 Å². The van der Waals surface area contributed by atoms with Gasteiger partial charge in [-0.25, -0.2) is 0 Å². The molecule has 0 heterocycles. The number of methoxy groups -OCH3 is 1. The van der Waals surface area contributed by atoms with Crippen molar-refractivity contribution in [3.05, 3.63) is 29.3 Å². The van der Waals surface area contributed by atoms with Crippen LogP contribution in [0.1, 0.15) is 62.6 Å². The average Bonchev–Trinajstić information content (AvgIpc) is 2.90. The first-order chi connectivity index (χ1) is 8.63. The molecule has 2 N–H and O–H groups in total. The Morgan fingerprint density at radius 2 is 1.89 bits per heavy atom. The van der Waals surface area contributed by atoms with Gasteiger partial charge in [0.05, 0.1) is 7.11 Å². The Hall–Kier alpha value is -1.02.